The van der Waals surface area contributed by atoms with Gasteiger partial charge in [-0.15, -0.1) is 0 Å². The van der Waals surface area contributed by atoms with Crippen LogP contribution in [0, 0.1) is 0 Å². The average Bonchev–Trinajstić information content (AvgIpc) is 2.29. The minimum Gasteiger partial charge on any atom is -0.481 e. The van der Waals surface area contributed by atoms with Crippen LogP contribution in [-0.4, -0.2) is 12.1 Å². The number of benzene rings is 1. The van der Waals surface area contributed by atoms with Crippen LogP contribution < -0.4 is 4.74 Å². The van der Waals surface area contributed by atoms with Gasteiger partial charge in [-0.25, -0.2) is 4.98 Å². The van der Waals surface area contributed by atoms with Crippen molar-refractivity contribution in [3.8, 4) is 5.88 Å². The Kier molecular flexibility index (Phi) is 2.39. The summed E-state index contributed by atoms with van der Waals surface area (Å²) in [7, 11) is 1.57. The molecule has 0 unspecified atom stereocenters. The molecule has 5 nitrogen and oxygen atoms in total. The van der Waals surface area contributed by atoms with Crippen molar-refractivity contribution in [3.63, 3.8) is 0 Å². The van der Waals surface area contributed by atoms with Gasteiger partial charge in [-0.05, 0) is 23.7 Å². The lowest BCUT2D eigenvalue weighted by Gasteiger charge is -2.01. The SMILES string of the molecule is COc1ccc2cc(N=[N+]=[N-])ccc2n1. The molecule has 0 fully saturated rings. The van der Waals surface area contributed by atoms with Crippen molar-refractivity contribution in [3.05, 3.63) is 40.8 Å². The second kappa shape index (κ2) is 3.86. The standard InChI is InChI=1S/C10H8N4O/c1-15-10-5-2-7-6-8(13-14-11)3-4-9(7)12-10/h2-6H,1H3. The highest BCUT2D eigenvalue weighted by Gasteiger charge is 1.98. The van der Waals surface area contributed by atoms with Gasteiger partial charge >= 0.3 is 0 Å². The zero-order chi connectivity index (χ0) is 10.7. The maximum Gasteiger partial charge on any atom is 0.213 e. The molecule has 2 rings (SSSR count). The minimum absolute atomic E-state index is 0.569. The molecule has 0 spiro atoms. The maximum atomic E-state index is 8.30. The first kappa shape index (κ1) is 9.30. The molecule has 0 atom stereocenters. The fourth-order valence-electron chi connectivity index (χ4n) is 1.32. The van der Waals surface area contributed by atoms with Crippen LogP contribution in [0.4, 0.5) is 5.69 Å². The van der Waals surface area contributed by atoms with Gasteiger partial charge in [-0.1, -0.05) is 11.2 Å². The Morgan fingerprint density at radius 2 is 2.20 bits per heavy atom. The fraction of sp³-hybridized carbons (Fsp3) is 0.100. The van der Waals surface area contributed by atoms with Crippen molar-refractivity contribution < 1.29 is 4.74 Å². The molecule has 0 saturated carbocycles. The van der Waals surface area contributed by atoms with E-state index in [0.29, 0.717) is 11.6 Å². The van der Waals surface area contributed by atoms with E-state index in [1.165, 1.54) is 0 Å². The van der Waals surface area contributed by atoms with E-state index < -0.39 is 0 Å². The van der Waals surface area contributed by atoms with Gasteiger partial charge in [-0.3, -0.25) is 0 Å². The first-order valence-corrected chi connectivity index (χ1v) is 4.33. The number of rotatable bonds is 2. The number of hydrogen-bond acceptors (Lipinski definition) is 3. The molecule has 0 aliphatic carbocycles. The van der Waals surface area contributed by atoms with Crippen molar-refractivity contribution in [1.82, 2.24) is 4.98 Å². The third-order valence-corrected chi connectivity index (χ3v) is 2.02. The summed E-state index contributed by atoms with van der Waals surface area (Å²) in [6.07, 6.45) is 0. The van der Waals surface area contributed by atoms with Crippen LogP contribution in [0.3, 0.4) is 0 Å². The quantitative estimate of drug-likeness (QED) is 0.424. The molecule has 0 radical (unpaired) electrons. The zero-order valence-electron chi connectivity index (χ0n) is 8.08. The highest BCUT2D eigenvalue weighted by molar-refractivity contribution is 5.82. The number of methoxy groups -OCH3 is 1. The van der Waals surface area contributed by atoms with Gasteiger partial charge in [0.15, 0.2) is 0 Å². The van der Waals surface area contributed by atoms with Crippen molar-refractivity contribution in [1.29, 1.82) is 0 Å². The van der Waals surface area contributed by atoms with Gasteiger partial charge in [0.2, 0.25) is 5.88 Å². The molecule has 0 saturated heterocycles. The highest BCUT2D eigenvalue weighted by Crippen LogP contribution is 2.22. The molecule has 0 bridgehead atoms. The molecule has 0 amide bonds. The van der Waals surface area contributed by atoms with Crippen molar-refractivity contribution in [2.45, 2.75) is 0 Å². The van der Waals surface area contributed by atoms with Crippen LogP contribution in [0.1, 0.15) is 0 Å². The van der Waals surface area contributed by atoms with Crippen molar-refractivity contribution in [2.24, 2.45) is 5.11 Å². The molecule has 5 heteroatoms. The second-order valence-corrected chi connectivity index (χ2v) is 2.92. The van der Waals surface area contributed by atoms with Gasteiger partial charge in [0.25, 0.3) is 0 Å². The van der Waals surface area contributed by atoms with Crippen LogP contribution in [0.15, 0.2) is 35.4 Å². The molecule has 1 aromatic carbocycles. The monoisotopic (exact) mass is 200 g/mol. The number of fused-ring (bicyclic) bond motifs is 1. The van der Waals surface area contributed by atoms with Crippen LogP contribution in [-0.2, 0) is 0 Å². The van der Waals surface area contributed by atoms with Crippen molar-refractivity contribution >= 4 is 16.6 Å². The lowest BCUT2D eigenvalue weighted by atomic mass is 10.2. The summed E-state index contributed by atoms with van der Waals surface area (Å²) in [5, 5.41) is 4.44. The molecule has 1 aromatic heterocycles. The first-order chi connectivity index (χ1) is 7.33. The first-order valence-electron chi connectivity index (χ1n) is 4.33. The third-order valence-electron chi connectivity index (χ3n) is 2.02. The Hall–Kier alpha value is -2.26. The number of aromatic nitrogens is 1. The van der Waals surface area contributed by atoms with E-state index in [2.05, 4.69) is 15.0 Å². The third kappa shape index (κ3) is 1.82. The zero-order valence-corrected chi connectivity index (χ0v) is 8.08. The Balaban J connectivity index is 2.59. The molecule has 74 valence electrons. The summed E-state index contributed by atoms with van der Waals surface area (Å²) in [5.74, 6) is 0.569. The molecule has 2 aromatic rings. The number of ether oxygens (including phenoxy) is 1. The van der Waals surface area contributed by atoms with Crippen LogP contribution in [0.25, 0.3) is 21.3 Å². The predicted octanol–water partition coefficient (Wildman–Crippen LogP) is 3.19. The molecule has 15 heavy (non-hydrogen) atoms. The van der Waals surface area contributed by atoms with E-state index >= 15 is 0 Å². The van der Waals surface area contributed by atoms with Crippen LogP contribution >= 0.6 is 0 Å². The molecule has 1 heterocycles. The lowest BCUT2D eigenvalue weighted by Crippen LogP contribution is -1.86. The summed E-state index contributed by atoms with van der Waals surface area (Å²) in [6, 6.07) is 8.93. The van der Waals surface area contributed by atoms with E-state index in [4.69, 9.17) is 10.3 Å². The fourth-order valence-corrected chi connectivity index (χ4v) is 1.32. The maximum absolute atomic E-state index is 8.30. The Labute approximate surface area is 85.9 Å². The van der Waals surface area contributed by atoms with E-state index in [1.54, 1.807) is 31.4 Å². The summed E-state index contributed by atoms with van der Waals surface area (Å²) in [5.41, 5.74) is 9.69. The van der Waals surface area contributed by atoms with E-state index in [9.17, 15) is 0 Å². The number of hydrogen-bond donors (Lipinski definition) is 0. The smallest absolute Gasteiger partial charge is 0.213 e. The molecule has 0 aliphatic heterocycles. The van der Waals surface area contributed by atoms with Gasteiger partial charge < -0.3 is 4.74 Å². The lowest BCUT2D eigenvalue weighted by molar-refractivity contribution is 0.399. The van der Waals surface area contributed by atoms with Crippen LogP contribution in [0.2, 0.25) is 0 Å². The second-order valence-electron chi connectivity index (χ2n) is 2.92. The number of nitrogens with zero attached hydrogens (tertiary/aromatic N) is 4. The summed E-state index contributed by atoms with van der Waals surface area (Å²) in [6.45, 7) is 0. The predicted molar refractivity (Wildman–Crippen MR) is 57.1 cm³/mol. The average molecular weight is 200 g/mol. The highest BCUT2D eigenvalue weighted by atomic mass is 16.5. The normalized spacial score (nSPS) is 9.67. The van der Waals surface area contributed by atoms with Crippen LogP contribution in [0.5, 0.6) is 5.88 Å². The van der Waals surface area contributed by atoms with Gasteiger partial charge in [0.1, 0.15) is 0 Å². The molecular formula is C10H8N4O. The number of pyridine rings is 1. The summed E-state index contributed by atoms with van der Waals surface area (Å²) in [4.78, 5) is 6.96. The minimum atomic E-state index is 0.569. The summed E-state index contributed by atoms with van der Waals surface area (Å²) >= 11 is 0. The Morgan fingerprint density at radius 1 is 1.33 bits per heavy atom. The Bertz CT molecular complexity index is 546. The van der Waals surface area contributed by atoms with E-state index in [0.717, 1.165) is 10.9 Å². The summed E-state index contributed by atoms with van der Waals surface area (Å²) < 4.78 is 5.01. The largest absolute Gasteiger partial charge is 0.481 e. The van der Waals surface area contributed by atoms with Crippen molar-refractivity contribution in [2.75, 3.05) is 7.11 Å². The van der Waals surface area contributed by atoms with Gasteiger partial charge in [0.05, 0.1) is 12.6 Å². The molecular weight excluding hydrogens is 192 g/mol. The van der Waals surface area contributed by atoms with Gasteiger partial charge in [-0.2, -0.15) is 0 Å². The molecule has 0 N–H and O–H groups in total. The molecule has 0 aliphatic rings. The number of azide groups is 1. The van der Waals surface area contributed by atoms with Gasteiger partial charge in [0, 0.05) is 22.1 Å². The van der Waals surface area contributed by atoms with E-state index in [1.807, 2.05) is 6.07 Å². The topological polar surface area (TPSA) is 70.9 Å². The van der Waals surface area contributed by atoms with E-state index in [-0.39, 0.29) is 0 Å². The Morgan fingerprint density at radius 3 is 2.93 bits per heavy atom.